The molecule has 0 radical (unpaired) electrons. The van der Waals surface area contributed by atoms with Gasteiger partial charge in [0, 0.05) is 6.42 Å². The van der Waals surface area contributed by atoms with Gasteiger partial charge in [0.1, 0.15) is 6.10 Å². The molecule has 6 nitrogen and oxygen atoms in total. The highest BCUT2D eigenvalue weighted by Gasteiger charge is 2.24. The Labute approximate surface area is 350 Å². The average Bonchev–Trinajstić information content (AvgIpc) is 3.20. The molecule has 0 bridgehead atoms. The highest BCUT2D eigenvalue weighted by atomic mass is 16.5. The zero-order valence-electron chi connectivity index (χ0n) is 36.7. The molecule has 3 atom stereocenters. The Morgan fingerprint density at radius 1 is 0.544 bits per heavy atom. The predicted molar refractivity (Wildman–Crippen MR) is 245 cm³/mol. The molecule has 0 aliphatic heterocycles. The van der Waals surface area contributed by atoms with Crippen molar-refractivity contribution >= 4 is 11.9 Å². The van der Waals surface area contributed by atoms with Gasteiger partial charge in [0.15, 0.2) is 0 Å². The minimum absolute atomic E-state index is 0.0434. The van der Waals surface area contributed by atoms with Gasteiger partial charge in [0.05, 0.1) is 25.2 Å². The van der Waals surface area contributed by atoms with Crippen molar-refractivity contribution in [3.05, 3.63) is 97.2 Å². The molecule has 3 unspecified atom stereocenters. The van der Waals surface area contributed by atoms with Crippen molar-refractivity contribution < 1.29 is 24.5 Å². The number of esters is 1. The van der Waals surface area contributed by atoms with Crippen molar-refractivity contribution in [3.63, 3.8) is 0 Å². The number of carbonyl (C=O) groups is 2. The second-order valence-corrected chi connectivity index (χ2v) is 15.2. The first kappa shape index (κ1) is 53.8. The van der Waals surface area contributed by atoms with Crippen LogP contribution in [0.25, 0.3) is 0 Å². The lowest BCUT2D eigenvalue weighted by molar-refractivity contribution is -0.151. The van der Waals surface area contributed by atoms with Gasteiger partial charge in [-0.15, -0.1) is 0 Å². The number of unbranched alkanes of at least 4 members (excludes halogenated alkanes) is 16. The number of rotatable bonds is 39. The van der Waals surface area contributed by atoms with Crippen LogP contribution in [0.15, 0.2) is 97.2 Å². The molecule has 0 saturated heterocycles. The summed E-state index contributed by atoms with van der Waals surface area (Å²) in [5, 5.41) is 23.6. The van der Waals surface area contributed by atoms with Gasteiger partial charge in [-0.25, -0.2) is 0 Å². The molecule has 0 fully saturated rings. The largest absolute Gasteiger partial charge is 0.462 e. The van der Waals surface area contributed by atoms with E-state index in [1.165, 1.54) is 38.5 Å². The van der Waals surface area contributed by atoms with E-state index in [0.29, 0.717) is 19.3 Å². The molecule has 0 spiro atoms. The molecule has 324 valence electrons. The third-order valence-corrected chi connectivity index (χ3v) is 9.82. The molecule has 0 aliphatic carbocycles. The fraction of sp³-hybridized carbons (Fsp3) is 0.647. The van der Waals surface area contributed by atoms with Gasteiger partial charge in [0.25, 0.3) is 0 Å². The molecule has 1 amide bonds. The maximum atomic E-state index is 13.1. The van der Waals surface area contributed by atoms with Gasteiger partial charge in [0.2, 0.25) is 5.91 Å². The summed E-state index contributed by atoms with van der Waals surface area (Å²) in [6.07, 6.45) is 57.5. The highest BCUT2D eigenvalue weighted by Crippen LogP contribution is 2.17. The van der Waals surface area contributed by atoms with Gasteiger partial charge in [-0.3, -0.25) is 9.59 Å². The smallest absolute Gasteiger partial charge is 0.306 e. The molecule has 0 aromatic carbocycles. The number of amides is 1. The lowest BCUT2D eigenvalue weighted by Gasteiger charge is -2.24. The van der Waals surface area contributed by atoms with Crippen LogP contribution in [0.3, 0.4) is 0 Å². The summed E-state index contributed by atoms with van der Waals surface area (Å²) in [6, 6.07) is -0.719. The van der Waals surface area contributed by atoms with Crippen molar-refractivity contribution in [1.82, 2.24) is 5.32 Å². The van der Waals surface area contributed by atoms with E-state index in [0.717, 1.165) is 103 Å². The molecule has 0 aromatic heterocycles. The molecule has 0 rings (SSSR count). The van der Waals surface area contributed by atoms with E-state index in [1.807, 2.05) is 54.7 Å². The molecule has 57 heavy (non-hydrogen) atoms. The summed E-state index contributed by atoms with van der Waals surface area (Å²) in [5.41, 5.74) is 0. The molecule has 0 aliphatic rings. The normalized spacial score (nSPS) is 14.3. The Morgan fingerprint density at radius 3 is 1.63 bits per heavy atom. The van der Waals surface area contributed by atoms with E-state index in [9.17, 15) is 19.8 Å². The summed E-state index contributed by atoms with van der Waals surface area (Å²) >= 11 is 0. The van der Waals surface area contributed by atoms with Crippen molar-refractivity contribution in [1.29, 1.82) is 0 Å². The van der Waals surface area contributed by atoms with E-state index >= 15 is 0 Å². The second kappa shape index (κ2) is 43.9. The molecular formula is C51H85NO5. The summed E-state index contributed by atoms with van der Waals surface area (Å²) < 4.78 is 5.88. The van der Waals surface area contributed by atoms with E-state index < -0.39 is 18.2 Å². The van der Waals surface area contributed by atoms with Crippen molar-refractivity contribution in [2.45, 2.75) is 206 Å². The van der Waals surface area contributed by atoms with Crippen LogP contribution < -0.4 is 5.32 Å². The predicted octanol–water partition coefficient (Wildman–Crippen LogP) is 13.4. The SMILES string of the molecule is CC\C=C/C=C/C=C/C=C\C=C\C=C\CCCCCC(=O)OC(CCCCCCC/C=C/C/C=C/CC)CC(=O)NC(CO)C(O)CCCCCCCCCCC. The van der Waals surface area contributed by atoms with Crippen LogP contribution in [0, 0.1) is 0 Å². The Morgan fingerprint density at radius 2 is 1.04 bits per heavy atom. The molecule has 0 saturated carbocycles. The van der Waals surface area contributed by atoms with Gasteiger partial charge in [-0.2, -0.15) is 0 Å². The van der Waals surface area contributed by atoms with E-state index in [4.69, 9.17) is 4.74 Å². The fourth-order valence-corrected chi connectivity index (χ4v) is 6.38. The maximum absolute atomic E-state index is 13.1. The van der Waals surface area contributed by atoms with Crippen LogP contribution in [0.2, 0.25) is 0 Å². The molecule has 3 N–H and O–H groups in total. The first-order chi connectivity index (χ1) is 28.0. The number of carbonyl (C=O) groups excluding carboxylic acids is 2. The quantitative estimate of drug-likeness (QED) is 0.0249. The Bertz CT molecular complexity index is 1160. The number of hydrogen-bond donors (Lipinski definition) is 3. The lowest BCUT2D eigenvalue weighted by Crippen LogP contribution is -2.46. The monoisotopic (exact) mass is 792 g/mol. The average molecular weight is 792 g/mol. The van der Waals surface area contributed by atoms with E-state index in [1.54, 1.807) is 0 Å². The zero-order valence-corrected chi connectivity index (χ0v) is 36.7. The summed E-state index contributed by atoms with van der Waals surface area (Å²) in [5.74, 6) is -0.552. The molecule has 0 heterocycles. The van der Waals surface area contributed by atoms with Gasteiger partial charge < -0.3 is 20.3 Å². The van der Waals surface area contributed by atoms with Crippen molar-refractivity contribution in [2.75, 3.05) is 6.61 Å². The number of ether oxygens (including phenoxy) is 1. The van der Waals surface area contributed by atoms with Crippen LogP contribution in [-0.2, 0) is 14.3 Å². The van der Waals surface area contributed by atoms with Crippen molar-refractivity contribution in [3.8, 4) is 0 Å². The van der Waals surface area contributed by atoms with Crippen LogP contribution in [0.5, 0.6) is 0 Å². The van der Waals surface area contributed by atoms with Crippen LogP contribution in [-0.4, -0.2) is 46.9 Å². The third kappa shape index (κ3) is 39.4. The van der Waals surface area contributed by atoms with E-state index in [-0.39, 0.29) is 24.9 Å². The number of aliphatic hydroxyl groups excluding tert-OH is 2. The fourth-order valence-electron chi connectivity index (χ4n) is 6.38. The van der Waals surface area contributed by atoms with Crippen LogP contribution >= 0.6 is 0 Å². The Kier molecular flexibility index (Phi) is 41.4. The van der Waals surface area contributed by atoms with Gasteiger partial charge in [-0.1, -0.05) is 201 Å². The Balaban J connectivity index is 4.72. The highest BCUT2D eigenvalue weighted by molar-refractivity contribution is 5.77. The standard InChI is InChI=1S/C51H85NO5/c1-4-7-10-13-16-19-21-23-24-25-26-27-29-32-35-38-41-44-51(56)57-47(42-39-36-33-31-28-22-20-17-14-11-8-5-2)45-50(55)52-48(46-53)49(54)43-40-37-34-30-18-15-12-9-6-3/h7-8,10-11,13,16-17,19-21,23-27,29,47-49,53-54H,4-6,9,12,14-15,18,22,28,30-46H2,1-3H3,(H,52,55)/b10-7-,11-8+,16-13+,20-17+,21-19+,24-23-,26-25+,29-27+. The maximum Gasteiger partial charge on any atom is 0.306 e. The summed E-state index contributed by atoms with van der Waals surface area (Å²) in [7, 11) is 0. The third-order valence-electron chi connectivity index (χ3n) is 9.82. The van der Waals surface area contributed by atoms with Crippen LogP contribution in [0.1, 0.15) is 188 Å². The molecule has 0 aromatic rings. The topological polar surface area (TPSA) is 95.9 Å². The number of hydrogen-bond acceptors (Lipinski definition) is 5. The number of nitrogens with one attached hydrogen (secondary N) is 1. The Hall–Kier alpha value is -3.22. The molecule has 6 heteroatoms. The minimum Gasteiger partial charge on any atom is -0.462 e. The van der Waals surface area contributed by atoms with E-state index in [2.05, 4.69) is 68.6 Å². The first-order valence-electron chi connectivity index (χ1n) is 23.0. The molecular weight excluding hydrogens is 707 g/mol. The minimum atomic E-state index is -0.803. The van der Waals surface area contributed by atoms with Gasteiger partial charge in [-0.05, 0) is 70.6 Å². The van der Waals surface area contributed by atoms with Crippen LogP contribution in [0.4, 0.5) is 0 Å². The summed E-state index contributed by atoms with van der Waals surface area (Å²) in [6.45, 7) is 6.17. The number of aliphatic hydroxyl groups is 2. The van der Waals surface area contributed by atoms with Crippen molar-refractivity contribution in [2.24, 2.45) is 0 Å². The van der Waals surface area contributed by atoms with Gasteiger partial charge >= 0.3 is 5.97 Å². The second-order valence-electron chi connectivity index (χ2n) is 15.2. The lowest BCUT2D eigenvalue weighted by atomic mass is 10.0. The zero-order chi connectivity index (χ0) is 41.7. The number of allylic oxidation sites excluding steroid dienone is 16. The first-order valence-corrected chi connectivity index (χ1v) is 23.0. The summed E-state index contributed by atoms with van der Waals surface area (Å²) in [4.78, 5) is 26.0.